The quantitative estimate of drug-likeness (QED) is 0.458. The maximum absolute atomic E-state index is 13.0. The van der Waals surface area contributed by atoms with E-state index in [9.17, 15) is 22.4 Å². The molecule has 0 bridgehead atoms. The van der Waals surface area contributed by atoms with Crippen molar-refractivity contribution >= 4 is 5.97 Å². The van der Waals surface area contributed by atoms with Gasteiger partial charge in [0, 0.05) is 6.20 Å². The first-order chi connectivity index (χ1) is 7.47. The number of carbonyl (C=O) groups is 1. The lowest BCUT2D eigenvalue weighted by molar-refractivity contribution is -0.139. The summed E-state index contributed by atoms with van der Waals surface area (Å²) >= 11 is 0. The molecular weight excluding hydrogens is 230 g/mol. The molecule has 0 fully saturated rings. The molecule has 1 heterocycles. The molecule has 0 aliphatic carbocycles. The second kappa shape index (κ2) is 4.91. The van der Waals surface area contributed by atoms with Crippen molar-refractivity contribution < 1.29 is 27.1 Å². The van der Waals surface area contributed by atoms with E-state index in [2.05, 4.69) is 9.72 Å². The van der Waals surface area contributed by atoms with Gasteiger partial charge in [0.15, 0.2) is 5.82 Å². The van der Waals surface area contributed by atoms with Gasteiger partial charge in [0.2, 0.25) is 5.95 Å². The predicted molar refractivity (Wildman–Crippen MR) is 44.8 cm³/mol. The molecule has 0 aromatic carbocycles. The molecule has 0 saturated carbocycles. The number of esters is 1. The van der Waals surface area contributed by atoms with Crippen LogP contribution < -0.4 is 0 Å². The van der Waals surface area contributed by atoms with Crippen LogP contribution in [-0.2, 0) is 16.0 Å². The van der Waals surface area contributed by atoms with Gasteiger partial charge in [-0.05, 0) is 5.56 Å². The number of methoxy groups -OCH3 is 1. The molecular formula is C9H7F4NO2. The molecule has 1 aromatic heterocycles. The molecule has 0 atom stereocenters. The van der Waals surface area contributed by atoms with Crippen LogP contribution in [0.2, 0.25) is 0 Å². The lowest BCUT2D eigenvalue weighted by Gasteiger charge is -2.08. The molecule has 88 valence electrons. The highest BCUT2D eigenvalue weighted by Crippen LogP contribution is 2.26. The zero-order chi connectivity index (χ0) is 12.3. The highest BCUT2D eigenvalue weighted by molar-refractivity contribution is 5.72. The number of halogens is 4. The standard InChI is InChI=1S/C9H7F4NO2/c1-16-5(15)2-4-3-14-9(13)7(10)6(4)8(11)12/h3,8H,2H2,1H3. The number of rotatable bonds is 3. The Bertz CT molecular complexity index is 409. The Morgan fingerprint density at radius 2 is 2.12 bits per heavy atom. The Morgan fingerprint density at radius 1 is 1.50 bits per heavy atom. The summed E-state index contributed by atoms with van der Waals surface area (Å²) in [6.07, 6.45) is -3.12. The molecule has 0 aliphatic rings. The van der Waals surface area contributed by atoms with E-state index < -0.39 is 36.1 Å². The minimum Gasteiger partial charge on any atom is -0.469 e. The minimum absolute atomic E-state index is 0.388. The van der Waals surface area contributed by atoms with Crippen LogP contribution in [0.5, 0.6) is 0 Å². The largest absolute Gasteiger partial charge is 0.469 e. The molecule has 1 rings (SSSR count). The maximum Gasteiger partial charge on any atom is 0.310 e. The van der Waals surface area contributed by atoms with Crippen molar-refractivity contribution in [2.75, 3.05) is 7.11 Å². The highest BCUT2D eigenvalue weighted by atomic mass is 19.3. The van der Waals surface area contributed by atoms with Crippen LogP contribution in [0.15, 0.2) is 6.20 Å². The lowest BCUT2D eigenvalue weighted by Crippen LogP contribution is -2.10. The van der Waals surface area contributed by atoms with Crippen molar-refractivity contribution in [2.45, 2.75) is 12.8 Å². The van der Waals surface area contributed by atoms with Gasteiger partial charge in [-0.25, -0.2) is 18.2 Å². The van der Waals surface area contributed by atoms with E-state index in [0.717, 1.165) is 7.11 Å². The van der Waals surface area contributed by atoms with E-state index in [-0.39, 0.29) is 5.56 Å². The molecule has 0 aliphatic heterocycles. The predicted octanol–water partition coefficient (Wildman–Crippen LogP) is 2.01. The summed E-state index contributed by atoms with van der Waals surface area (Å²) in [5.74, 6) is -4.20. The third-order valence-corrected chi connectivity index (χ3v) is 1.88. The van der Waals surface area contributed by atoms with E-state index in [0.29, 0.717) is 6.20 Å². The number of alkyl halides is 2. The van der Waals surface area contributed by atoms with Crippen LogP contribution in [0.25, 0.3) is 0 Å². The fourth-order valence-corrected chi connectivity index (χ4v) is 1.12. The van der Waals surface area contributed by atoms with Gasteiger partial charge < -0.3 is 4.74 Å². The van der Waals surface area contributed by atoms with E-state index >= 15 is 0 Å². The number of ether oxygens (including phenoxy) is 1. The smallest absolute Gasteiger partial charge is 0.310 e. The molecule has 7 heteroatoms. The van der Waals surface area contributed by atoms with Gasteiger partial charge in [-0.3, -0.25) is 4.79 Å². The summed E-state index contributed by atoms with van der Waals surface area (Å²) in [6, 6.07) is 0. The summed E-state index contributed by atoms with van der Waals surface area (Å²) in [7, 11) is 1.05. The zero-order valence-corrected chi connectivity index (χ0v) is 8.14. The molecule has 16 heavy (non-hydrogen) atoms. The van der Waals surface area contributed by atoms with Gasteiger partial charge in [0.1, 0.15) is 0 Å². The first-order valence-corrected chi connectivity index (χ1v) is 4.15. The number of hydrogen-bond acceptors (Lipinski definition) is 3. The van der Waals surface area contributed by atoms with Crippen molar-refractivity contribution in [3.63, 3.8) is 0 Å². The summed E-state index contributed by atoms with van der Waals surface area (Å²) in [5.41, 5.74) is -1.54. The maximum atomic E-state index is 13.0. The van der Waals surface area contributed by atoms with Crippen molar-refractivity contribution in [3.8, 4) is 0 Å². The van der Waals surface area contributed by atoms with Crippen molar-refractivity contribution in [1.29, 1.82) is 0 Å². The van der Waals surface area contributed by atoms with Crippen LogP contribution in [0, 0.1) is 11.8 Å². The lowest BCUT2D eigenvalue weighted by atomic mass is 10.1. The Kier molecular flexibility index (Phi) is 3.81. The van der Waals surface area contributed by atoms with Gasteiger partial charge in [0.05, 0.1) is 19.1 Å². The molecule has 3 nitrogen and oxygen atoms in total. The van der Waals surface area contributed by atoms with E-state index in [1.165, 1.54) is 0 Å². The first kappa shape index (κ1) is 12.4. The van der Waals surface area contributed by atoms with E-state index in [4.69, 9.17) is 0 Å². The Hall–Kier alpha value is -1.66. The summed E-state index contributed by atoms with van der Waals surface area (Å²) in [6.45, 7) is 0. The van der Waals surface area contributed by atoms with Crippen LogP contribution in [0.3, 0.4) is 0 Å². The number of nitrogens with zero attached hydrogens (tertiary/aromatic N) is 1. The molecule has 1 aromatic rings. The summed E-state index contributed by atoms with van der Waals surface area (Å²) in [4.78, 5) is 13.8. The van der Waals surface area contributed by atoms with Gasteiger partial charge in [-0.1, -0.05) is 0 Å². The summed E-state index contributed by atoms with van der Waals surface area (Å²) < 4.78 is 54.7. The number of aromatic nitrogens is 1. The average molecular weight is 237 g/mol. The minimum atomic E-state index is -3.22. The first-order valence-electron chi connectivity index (χ1n) is 4.15. The third-order valence-electron chi connectivity index (χ3n) is 1.88. The molecule has 0 spiro atoms. The second-order valence-corrected chi connectivity index (χ2v) is 2.86. The van der Waals surface area contributed by atoms with Crippen LogP contribution in [-0.4, -0.2) is 18.1 Å². The highest BCUT2D eigenvalue weighted by Gasteiger charge is 2.23. The Labute approximate surface area is 88.0 Å². The number of hydrogen-bond donors (Lipinski definition) is 0. The van der Waals surface area contributed by atoms with Crippen LogP contribution in [0.1, 0.15) is 17.6 Å². The normalized spacial score (nSPS) is 10.6. The molecule has 0 N–H and O–H groups in total. The van der Waals surface area contributed by atoms with Gasteiger partial charge in [0.25, 0.3) is 6.43 Å². The summed E-state index contributed by atoms with van der Waals surface area (Å²) in [5, 5.41) is 0. The fraction of sp³-hybridized carbons (Fsp3) is 0.333. The average Bonchev–Trinajstić information content (AvgIpc) is 2.23. The van der Waals surface area contributed by atoms with Crippen molar-refractivity contribution in [3.05, 3.63) is 29.1 Å². The van der Waals surface area contributed by atoms with E-state index in [1.807, 2.05) is 0 Å². The monoisotopic (exact) mass is 237 g/mol. The third kappa shape index (κ3) is 2.47. The van der Waals surface area contributed by atoms with Crippen molar-refractivity contribution in [2.24, 2.45) is 0 Å². The molecule has 0 radical (unpaired) electrons. The number of pyridine rings is 1. The second-order valence-electron chi connectivity index (χ2n) is 2.86. The molecule has 0 saturated heterocycles. The SMILES string of the molecule is COC(=O)Cc1cnc(F)c(F)c1C(F)F. The van der Waals surface area contributed by atoms with Gasteiger partial charge in [-0.2, -0.15) is 4.39 Å². The molecule has 0 unspecified atom stereocenters. The Morgan fingerprint density at radius 3 is 2.62 bits per heavy atom. The zero-order valence-electron chi connectivity index (χ0n) is 8.14. The van der Waals surface area contributed by atoms with Gasteiger partial charge in [-0.15, -0.1) is 0 Å². The van der Waals surface area contributed by atoms with Crippen LogP contribution in [0.4, 0.5) is 17.6 Å². The van der Waals surface area contributed by atoms with Crippen LogP contribution >= 0.6 is 0 Å². The Balaban J connectivity index is 3.18. The topological polar surface area (TPSA) is 39.2 Å². The van der Waals surface area contributed by atoms with Gasteiger partial charge >= 0.3 is 5.97 Å². The van der Waals surface area contributed by atoms with E-state index in [1.54, 1.807) is 0 Å². The number of carbonyl (C=O) groups excluding carboxylic acids is 1. The molecule has 0 amide bonds. The van der Waals surface area contributed by atoms with Crippen molar-refractivity contribution in [1.82, 2.24) is 4.98 Å². The fourth-order valence-electron chi connectivity index (χ4n) is 1.12.